The zero-order valence-electron chi connectivity index (χ0n) is 15.1. The lowest BCUT2D eigenvalue weighted by molar-refractivity contribution is -0.138. The number of aromatic nitrogens is 2. The number of likely N-dealkylation sites (N-methyl/N-ethyl adjacent to an activating group) is 1. The van der Waals surface area contributed by atoms with E-state index in [1.165, 1.54) is 0 Å². The number of amides is 3. The first kappa shape index (κ1) is 21.6. The van der Waals surface area contributed by atoms with Crippen molar-refractivity contribution < 1.29 is 22.8 Å². The van der Waals surface area contributed by atoms with Crippen LogP contribution in [0.3, 0.4) is 0 Å². The van der Waals surface area contributed by atoms with Crippen LogP contribution in [0.4, 0.5) is 23.1 Å². The largest absolute Gasteiger partial charge is 0.445 e. The molecule has 0 bridgehead atoms. The molecule has 0 aliphatic carbocycles. The standard InChI is InChI=1S/C16H19F3N6O2S/c1-25(2)7-6-20-12(26)11-5-3-4-10(8-11)9-21-14(27)22-15-24-23-13(28-15)16(17,18)19/h3-5,8H,6-7,9H2,1-2H3,(H,20,26)(H2,21,22,24,27). The monoisotopic (exact) mass is 416 g/mol. The summed E-state index contributed by atoms with van der Waals surface area (Å²) in [6.45, 7) is 1.28. The van der Waals surface area contributed by atoms with E-state index in [2.05, 4.69) is 26.1 Å². The van der Waals surface area contributed by atoms with Crippen LogP contribution in [-0.4, -0.2) is 54.2 Å². The Morgan fingerprint density at radius 3 is 2.57 bits per heavy atom. The molecule has 28 heavy (non-hydrogen) atoms. The molecule has 12 heteroatoms. The molecule has 3 amide bonds. The quantitative estimate of drug-likeness (QED) is 0.643. The van der Waals surface area contributed by atoms with Crippen LogP contribution in [-0.2, 0) is 12.7 Å². The van der Waals surface area contributed by atoms with Gasteiger partial charge in [0.25, 0.3) is 5.91 Å². The highest BCUT2D eigenvalue weighted by molar-refractivity contribution is 7.15. The maximum Gasteiger partial charge on any atom is 0.445 e. The van der Waals surface area contributed by atoms with Crippen molar-refractivity contribution in [2.45, 2.75) is 12.7 Å². The lowest BCUT2D eigenvalue weighted by Crippen LogP contribution is -2.31. The summed E-state index contributed by atoms with van der Waals surface area (Å²) >= 11 is 0.230. The Morgan fingerprint density at radius 1 is 1.18 bits per heavy atom. The lowest BCUT2D eigenvalue weighted by Gasteiger charge is -2.11. The highest BCUT2D eigenvalue weighted by Gasteiger charge is 2.35. The van der Waals surface area contributed by atoms with Crippen LogP contribution in [0.15, 0.2) is 24.3 Å². The van der Waals surface area contributed by atoms with Crippen molar-refractivity contribution in [3.63, 3.8) is 0 Å². The molecule has 2 aromatic rings. The third-order valence-corrected chi connectivity index (χ3v) is 4.26. The molecular weight excluding hydrogens is 397 g/mol. The molecule has 0 saturated carbocycles. The van der Waals surface area contributed by atoms with Gasteiger partial charge in [-0.25, -0.2) is 4.79 Å². The summed E-state index contributed by atoms with van der Waals surface area (Å²) in [6.07, 6.45) is -4.61. The van der Waals surface area contributed by atoms with Crippen LogP contribution in [0.2, 0.25) is 0 Å². The van der Waals surface area contributed by atoms with Gasteiger partial charge >= 0.3 is 12.2 Å². The molecule has 0 aliphatic heterocycles. The van der Waals surface area contributed by atoms with Crippen LogP contribution in [0.25, 0.3) is 0 Å². The van der Waals surface area contributed by atoms with Crippen molar-refractivity contribution in [2.24, 2.45) is 0 Å². The molecule has 152 valence electrons. The van der Waals surface area contributed by atoms with Gasteiger partial charge in [0.05, 0.1) is 0 Å². The zero-order valence-corrected chi connectivity index (χ0v) is 15.9. The molecule has 1 heterocycles. The highest BCUT2D eigenvalue weighted by Crippen LogP contribution is 2.32. The average molecular weight is 416 g/mol. The van der Waals surface area contributed by atoms with E-state index in [0.717, 1.165) is 0 Å². The van der Waals surface area contributed by atoms with Gasteiger partial charge in [-0.2, -0.15) is 13.2 Å². The van der Waals surface area contributed by atoms with E-state index in [4.69, 9.17) is 0 Å². The van der Waals surface area contributed by atoms with Crippen LogP contribution >= 0.6 is 11.3 Å². The van der Waals surface area contributed by atoms with Gasteiger partial charge in [0.15, 0.2) is 0 Å². The lowest BCUT2D eigenvalue weighted by atomic mass is 10.1. The predicted molar refractivity (Wildman–Crippen MR) is 98.1 cm³/mol. The molecule has 1 aromatic carbocycles. The Kier molecular flexibility index (Phi) is 7.29. The number of hydrogen-bond acceptors (Lipinski definition) is 6. The van der Waals surface area contributed by atoms with E-state index in [1.54, 1.807) is 24.3 Å². The van der Waals surface area contributed by atoms with E-state index in [9.17, 15) is 22.8 Å². The van der Waals surface area contributed by atoms with Crippen LogP contribution in [0, 0.1) is 0 Å². The van der Waals surface area contributed by atoms with Crippen molar-refractivity contribution in [1.29, 1.82) is 0 Å². The van der Waals surface area contributed by atoms with Gasteiger partial charge in [0, 0.05) is 25.2 Å². The van der Waals surface area contributed by atoms with E-state index in [0.29, 0.717) is 24.2 Å². The summed E-state index contributed by atoms with van der Waals surface area (Å²) in [6, 6.07) is 5.93. The first-order chi connectivity index (χ1) is 13.1. The SMILES string of the molecule is CN(C)CCNC(=O)c1cccc(CNC(=O)Nc2nnc(C(F)(F)F)s2)c1. The number of nitrogens with one attached hydrogen (secondary N) is 3. The summed E-state index contributed by atoms with van der Waals surface area (Å²) in [5, 5.41) is 12.3. The molecule has 0 aliphatic rings. The molecule has 3 N–H and O–H groups in total. The number of carbonyl (C=O) groups is 2. The van der Waals surface area contributed by atoms with E-state index >= 15 is 0 Å². The molecular formula is C16H19F3N6O2S. The zero-order chi connectivity index (χ0) is 20.7. The second-order valence-corrected chi connectivity index (χ2v) is 6.95. The fourth-order valence-electron chi connectivity index (χ4n) is 2.03. The Morgan fingerprint density at radius 2 is 1.93 bits per heavy atom. The molecule has 0 fully saturated rings. The number of hydrogen-bond donors (Lipinski definition) is 3. The Hall–Kier alpha value is -2.73. The van der Waals surface area contributed by atoms with Gasteiger partial charge in [0.2, 0.25) is 10.1 Å². The molecule has 0 spiro atoms. The minimum absolute atomic E-state index is 0.0790. The van der Waals surface area contributed by atoms with E-state index < -0.39 is 17.2 Å². The van der Waals surface area contributed by atoms with Crippen molar-refractivity contribution in [1.82, 2.24) is 25.7 Å². The van der Waals surface area contributed by atoms with Gasteiger partial charge in [-0.15, -0.1) is 10.2 Å². The molecule has 8 nitrogen and oxygen atoms in total. The van der Waals surface area contributed by atoms with Gasteiger partial charge in [0.1, 0.15) is 0 Å². The third-order valence-electron chi connectivity index (χ3n) is 3.37. The minimum Gasteiger partial charge on any atom is -0.351 e. The predicted octanol–water partition coefficient (Wildman–Crippen LogP) is 2.17. The normalized spacial score (nSPS) is 11.4. The van der Waals surface area contributed by atoms with Gasteiger partial charge in [-0.3, -0.25) is 10.1 Å². The van der Waals surface area contributed by atoms with Crippen molar-refractivity contribution >= 4 is 28.4 Å². The summed E-state index contributed by atoms with van der Waals surface area (Å²) in [4.78, 5) is 25.9. The second kappa shape index (κ2) is 9.46. The van der Waals surface area contributed by atoms with Gasteiger partial charge < -0.3 is 15.5 Å². The van der Waals surface area contributed by atoms with Crippen molar-refractivity contribution in [2.75, 3.05) is 32.5 Å². The topological polar surface area (TPSA) is 99.2 Å². The summed E-state index contributed by atoms with van der Waals surface area (Å²) in [7, 11) is 3.80. The van der Waals surface area contributed by atoms with Gasteiger partial charge in [-0.05, 0) is 31.8 Å². The number of nitrogens with zero attached hydrogens (tertiary/aromatic N) is 3. The summed E-state index contributed by atoms with van der Waals surface area (Å²) < 4.78 is 37.4. The number of urea groups is 1. The smallest absolute Gasteiger partial charge is 0.351 e. The molecule has 1 aromatic heterocycles. The Labute approximate surface area is 163 Å². The van der Waals surface area contributed by atoms with E-state index in [1.807, 2.05) is 19.0 Å². The number of carbonyl (C=O) groups excluding carboxylic acids is 2. The number of halogens is 3. The molecule has 0 unspecified atom stereocenters. The van der Waals surface area contributed by atoms with E-state index in [-0.39, 0.29) is 28.9 Å². The molecule has 0 atom stereocenters. The van der Waals surface area contributed by atoms with Crippen LogP contribution in [0.5, 0.6) is 0 Å². The fourth-order valence-corrected chi connectivity index (χ4v) is 2.64. The Balaban J connectivity index is 1.86. The number of alkyl halides is 3. The van der Waals surface area contributed by atoms with Crippen LogP contribution in [0.1, 0.15) is 20.9 Å². The Bertz CT molecular complexity index is 825. The summed E-state index contributed by atoms with van der Waals surface area (Å²) in [5.74, 6) is -0.235. The maximum absolute atomic E-state index is 12.5. The fraction of sp³-hybridized carbons (Fsp3) is 0.375. The molecule has 0 radical (unpaired) electrons. The minimum atomic E-state index is -4.61. The van der Waals surface area contributed by atoms with Crippen molar-refractivity contribution in [3.05, 3.63) is 40.4 Å². The van der Waals surface area contributed by atoms with Gasteiger partial charge in [-0.1, -0.05) is 23.5 Å². The average Bonchev–Trinajstić information content (AvgIpc) is 3.08. The second-order valence-electron chi connectivity index (χ2n) is 5.98. The first-order valence-corrected chi connectivity index (χ1v) is 8.94. The number of anilines is 1. The highest BCUT2D eigenvalue weighted by atomic mass is 32.1. The number of rotatable bonds is 7. The first-order valence-electron chi connectivity index (χ1n) is 8.12. The molecule has 0 saturated heterocycles. The third kappa shape index (κ3) is 6.78. The maximum atomic E-state index is 12.5. The number of benzene rings is 1. The summed E-state index contributed by atoms with van der Waals surface area (Å²) in [5.41, 5.74) is 1.10. The van der Waals surface area contributed by atoms with Crippen LogP contribution < -0.4 is 16.0 Å². The van der Waals surface area contributed by atoms with Crippen molar-refractivity contribution in [3.8, 4) is 0 Å². The molecule has 2 rings (SSSR count).